The van der Waals surface area contributed by atoms with Gasteiger partial charge in [-0.1, -0.05) is 28.4 Å². The van der Waals surface area contributed by atoms with Crippen LogP contribution >= 0.6 is 23.2 Å². The summed E-state index contributed by atoms with van der Waals surface area (Å²) < 4.78 is 5.41. The van der Waals surface area contributed by atoms with Crippen LogP contribution in [0.15, 0.2) is 28.8 Å². The number of hydrogen-bond acceptors (Lipinski definition) is 5. The fourth-order valence-electron chi connectivity index (χ4n) is 3.59. The molecule has 134 valence electrons. The summed E-state index contributed by atoms with van der Waals surface area (Å²) in [6, 6.07) is 7.62. The van der Waals surface area contributed by atoms with E-state index < -0.39 is 0 Å². The number of aromatic nitrogens is 3. The summed E-state index contributed by atoms with van der Waals surface area (Å²) in [5.41, 5.74) is 0.756. The van der Waals surface area contributed by atoms with Crippen LogP contribution in [0.2, 0.25) is 10.0 Å². The smallest absolute Gasteiger partial charge is 0.229 e. The first kappa shape index (κ1) is 16.3. The Morgan fingerprint density at radius 1 is 0.885 bits per heavy atom. The van der Waals surface area contributed by atoms with E-state index in [1.807, 2.05) is 12.1 Å². The average Bonchev–Trinajstić information content (AvgIpc) is 3.42. The Balaban J connectivity index is 1.33. The number of piperidine rings is 1. The van der Waals surface area contributed by atoms with Crippen LogP contribution in [0.1, 0.15) is 49.2 Å². The predicted molar refractivity (Wildman–Crippen MR) is 102 cm³/mol. The molecule has 0 unspecified atom stereocenters. The van der Waals surface area contributed by atoms with Gasteiger partial charge in [-0.05, 0) is 49.9 Å². The third kappa shape index (κ3) is 2.93. The second-order valence-corrected chi connectivity index (χ2v) is 7.94. The Morgan fingerprint density at radius 2 is 1.65 bits per heavy atom. The molecule has 2 fully saturated rings. The Kier molecular flexibility index (Phi) is 4.02. The highest BCUT2D eigenvalue weighted by molar-refractivity contribution is 6.39. The first-order valence-corrected chi connectivity index (χ1v) is 9.78. The molecule has 1 saturated carbocycles. The molecule has 1 aliphatic carbocycles. The average molecular weight is 389 g/mol. The first-order valence-electron chi connectivity index (χ1n) is 9.02. The summed E-state index contributed by atoms with van der Waals surface area (Å²) >= 11 is 12.6. The minimum atomic E-state index is 0.362. The van der Waals surface area contributed by atoms with Gasteiger partial charge < -0.3 is 9.42 Å². The number of hydrogen-bond donors (Lipinski definition) is 0. The van der Waals surface area contributed by atoms with E-state index in [9.17, 15) is 0 Å². The molecular weight excluding hydrogens is 371 g/mol. The van der Waals surface area contributed by atoms with Gasteiger partial charge in [0.25, 0.3) is 0 Å². The number of fused-ring (bicyclic) bond motifs is 1. The van der Waals surface area contributed by atoms with Crippen molar-refractivity contribution in [3.05, 3.63) is 46.0 Å². The molecular formula is C19H18Cl2N4O. The fourth-order valence-corrected chi connectivity index (χ4v) is 4.01. The predicted octanol–water partition coefficient (Wildman–Crippen LogP) is 5.19. The van der Waals surface area contributed by atoms with Crippen molar-refractivity contribution < 1.29 is 4.52 Å². The van der Waals surface area contributed by atoms with Gasteiger partial charge in [-0.3, -0.25) is 0 Å². The highest BCUT2D eigenvalue weighted by Gasteiger charge is 2.32. The van der Waals surface area contributed by atoms with E-state index in [4.69, 9.17) is 32.7 Å². The monoisotopic (exact) mass is 388 g/mol. The molecule has 0 spiro atoms. The van der Waals surface area contributed by atoms with Crippen molar-refractivity contribution in [1.29, 1.82) is 0 Å². The van der Waals surface area contributed by atoms with E-state index in [-0.39, 0.29) is 0 Å². The molecule has 0 amide bonds. The van der Waals surface area contributed by atoms with Crippen molar-refractivity contribution in [2.24, 2.45) is 0 Å². The lowest BCUT2D eigenvalue weighted by Crippen LogP contribution is -2.33. The third-order valence-electron chi connectivity index (χ3n) is 5.31. The van der Waals surface area contributed by atoms with Gasteiger partial charge in [0.2, 0.25) is 5.89 Å². The molecule has 1 aliphatic heterocycles. The first-order chi connectivity index (χ1) is 12.7. The van der Waals surface area contributed by atoms with E-state index >= 15 is 0 Å². The zero-order valence-corrected chi connectivity index (χ0v) is 15.7. The Labute approximate surface area is 161 Å². The molecule has 0 bridgehead atoms. The van der Waals surface area contributed by atoms with Gasteiger partial charge in [0, 0.05) is 30.3 Å². The summed E-state index contributed by atoms with van der Waals surface area (Å²) in [5.74, 6) is 3.50. The van der Waals surface area contributed by atoms with Crippen LogP contribution < -0.4 is 4.90 Å². The maximum Gasteiger partial charge on any atom is 0.229 e. The lowest BCUT2D eigenvalue weighted by atomic mass is 9.96. The number of anilines is 1. The van der Waals surface area contributed by atoms with E-state index in [0.717, 1.165) is 54.4 Å². The topological polar surface area (TPSA) is 55.1 Å². The molecule has 0 radical (unpaired) electrons. The summed E-state index contributed by atoms with van der Waals surface area (Å²) in [4.78, 5) is 11.7. The minimum Gasteiger partial charge on any atom is -0.357 e. The molecule has 26 heavy (non-hydrogen) atoms. The maximum atomic E-state index is 6.31. The van der Waals surface area contributed by atoms with Crippen LogP contribution in [0.5, 0.6) is 0 Å². The summed E-state index contributed by atoms with van der Waals surface area (Å²) in [7, 11) is 0. The molecule has 3 heterocycles. The van der Waals surface area contributed by atoms with Gasteiger partial charge in [-0.25, -0.2) is 4.98 Å². The van der Waals surface area contributed by atoms with Crippen molar-refractivity contribution in [3.8, 4) is 0 Å². The van der Waals surface area contributed by atoms with E-state index in [0.29, 0.717) is 21.9 Å². The van der Waals surface area contributed by atoms with Gasteiger partial charge in [-0.2, -0.15) is 4.98 Å². The van der Waals surface area contributed by atoms with Gasteiger partial charge in [-0.15, -0.1) is 0 Å². The van der Waals surface area contributed by atoms with Crippen molar-refractivity contribution >= 4 is 39.9 Å². The Hall–Kier alpha value is -1.85. The normalized spacial score (nSPS) is 18.6. The summed E-state index contributed by atoms with van der Waals surface area (Å²) in [6.45, 7) is 1.82. The number of pyridine rings is 1. The molecule has 2 aromatic heterocycles. The second kappa shape index (κ2) is 6.39. The van der Waals surface area contributed by atoms with Crippen molar-refractivity contribution in [2.45, 2.75) is 37.5 Å². The molecule has 5 nitrogen and oxygen atoms in total. The van der Waals surface area contributed by atoms with E-state index in [1.165, 1.54) is 12.8 Å². The second-order valence-electron chi connectivity index (χ2n) is 7.12. The fraction of sp³-hybridized carbons (Fsp3) is 0.421. The zero-order valence-electron chi connectivity index (χ0n) is 14.2. The summed E-state index contributed by atoms with van der Waals surface area (Å²) in [5, 5.41) is 6.39. The Morgan fingerprint density at radius 3 is 2.42 bits per heavy atom. The molecule has 3 aromatic rings. The molecule has 5 rings (SSSR count). The standard InChI is InChI=1S/C19H18Cl2N4O/c20-14-4-5-15(21)17-13(14)3-6-16(22-17)25-9-7-11(8-10-25)18-23-19(26-24-18)12-1-2-12/h3-6,11-12H,1-2,7-10H2. The molecule has 7 heteroatoms. The third-order valence-corrected chi connectivity index (χ3v) is 5.94. The Bertz CT molecular complexity index is 961. The summed E-state index contributed by atoms with van der Waals surface area (Å²) in [6.07, 6.45) is 4.35. The number of benzene rings is 1. The SMILES string of the molecule is Clc1ccc(Cl)c2nc(N3CCC(c4noc(C5CC5)n4)CC3)ccc12. The van der Waals surface area contributed by atoms with Crippen LogP contribution in [0, 0.1) is 0 Å². The van der Waals surface area contributed by atoms with Crippen molar-refractivity contribution in [3.63, 3.8) is 0 Å². The number of rotatable bonds is 3. The molecule has 0 atom stereocenters. The van der Waals surface area contributed by atoms with Crippen molar-refractivity contribution in [2.75, 3.05) is 18.0 Å². The lowest BCUT2D eigenvalue weighted by Gasteiger charge is -2.31. The highest BCUT2D eigenvalue weighted by Crippen LogP contribution is 2.40. The van der Waals surface area contributed by atoms with Crippen LogP contribution in [0.4, 0.5) is 5.82 Å². The molecule has 0 N–H and O–H groups in total. The van der Waals surface area contributed by atoms with Crippen LogP contribution in [0.3, 0.4) is 0 Å². The molecule has 1 saturated heterocycles. The highest BCUT2D eigenvalue weighted by atomic mass is 35.5. The number of nitrogens with zero attached hydrogens (tertiary/aromatic N) is 4. The molecule has 2 aliphatic rings. The zero-order chi connectivity index (χ0) is 17.7. The number of halogens is 2. The van der Waals surface area contributed by atoms with Crippen LogP contribution in [-0.2, 0) is 0 Å². The minimum absolute atomic E-state index is 0.362. The van der Waals surface area contributed by atoms with E-state index in [1.54, 1.807) is 12.1 Å². The quantitative estimate of drug-likeness (QED) is 0.617. The van der Waals surface area contributed by atoms with Gasteiger partial charge in [0.1, 0.15) is 5.82 Å². The van der Waals surface area contributed by atoms with Crippen LogP contribution in [-0.4, -0.2) is 28.2 Å². The maximum absolute atomic E-state index is 6.31. The van der Waals surface area contributed by atoms with Gasteiger partial charge in [0.15, 0.2) is 5.82 Å². The lowest BCUT2D eigenvalue weighted by molar-refractivity contribution is 0.364. The van der Waals surface area contributed by atoms with Crippen molar-refractivity contribution in [1.82, 2.24) is 15.1 Å². The van der Waals surface area contributed by atoms with Gasteiger partial charge in [0.05, 0.1) is 15.6 Å². The van der Waals surface area contributed by atoms with E-state index in [2.05, 4.69) is 15.0 Å². The van der Waals surface area contributed by atoms with Gasteiger partial charge >= 0.3 is 0 Å². The van der Waals surface area contributed by atoms with Crippen LogP contribution in [0.25, 0.3) is 10.9 Å². The largest absolute Gasteiger partial charge is 0.357 e. The molecule has 1 aromatic carbocycles.